The van der Waals surface area contributed by atoms with Crippen molar-refractivity contribution in [2.24, 2.45) is 5.92 Å². The summed E-state index contributed by atoms with van der Waals surface area (Å²) in [5.74, 6) is -1.80. The molecule has 8 heteroatoms. The van der Waals surface area contributed by atoms with E-state index in [-0.39, 0.29) is 18.0 Å². The molecule has 0 bridgehead atoms. The van der Waals surface area contributed by atoms with Crippen LogP contribution in [0, 0.1) is 5.92 Å². The molecule has 0 saturated heterocycles. The zero-order chi connectivity index (χ0) is 16.3. The summed E-state index contributed by atoms with van der Waals surface area (Å²) >= 11 is 1.35. The van der Waals surface area contributed by atoms with Crippen LogP contribution in [-0.2, 0) is 16.1 Å². The first-order chi connectivity index (χ1) is 10.4. The highest BCUT2D eigenvalue weighted by Gasteiger charge is 2.25. The van der Waals surface area contributed by atoms with E-state index in [2.05, 4.69) is 10.3 Å². The van der Waals surface area contributed by atoms with E-state index in [0.29, 0.717) is 16.6 Å². The largest absolute Gasteiger partial charge is 0.480 e. The quantitative estimate of drug-likeness (QED) is 0.828. The molecule has 2 aromatic heterocycles. The van der Waals surface area contributed by atoms with E-state index < -0.39 is 17.9 Å². The number of rotatable bonds is 6. The Morgan fingerprint density at radius 2 is 2.23 bits per heavy atom. The van der Waals surface area contributed by atoms with Gasteiger partial charge in [-0.15, -0.1) is 11.3 Å². The highest BCUT2D eigenvalue weighted by molar-refractivity contribution is 7.16. The number of aromatic nitrogens is 2. The number of thiophene rings is 1. The minimum Gasteiger partial charge on any atom is -0.480 e. The van der Waals surface area contributed by atoms with Crippen LogP contribution in [-0.4, -0.2) is 32.6 Å². The van der Waals surface area contributed by atoms with Crippen LogP contribution in [0.2, 0.25) is 0 Å². The molecule has 22 heavy (non-hydrogen) atoms. The summed E-state index contributed by atoms with van der Waals surface area (Å²) in [5.41, 5.74) is -0.309. The van der Waals surface area contributed by atoms with Crippen molar-refractivity contribution in [2.45, 2.75) is 32.9 Å². The maximum Gasteiger partial charge on any atom is 0.326 e. The Morgan fingerprint density at radius 1 is 1.50 bits per heavy atom. The molecular formula is C14H17N3O4S. The zero-order valence-electron chi connectivity index (χ0n) is 12.3. The summed E-state index contributed by atoms with van der Waals surface area (Å²) in [6, 6.07) is 0.689. The number of amides is 1. The summed E-state index contributed by atoms with van der Waals surface area (Å²) in [7, 11) is 0. The van der Waals surface area contributed by atoms with Crippen molar-refractivity contribution in [1.29, 1.82) is 0 Å². The average molecular weight is 323 g/mol. The third-order valence-corrected chi connectivity index (χ3v) is 4.38. The minimum absolute atomic E-state index is 0.198. The second-order valence-electron chi connectivity index (χ2n) is 5.09. The van der Waals surface area contributed by atoms with Gasteiger partial charge in [-0.25, -0.2) is 9.78 Å². The predicted molar refractivity (Wildman–Crippen MR) is 82.9 cm³/mol. The van der Waals surface area contributed by atoms with Crippen molar-refractivity contribution in [3.63, 3.8) is 0 Å². The Balaban J connectivity index is 2.15. The van der Waals surface area contributed by atoms with Crippen LogP contribution in [0.4, 0.5) is 0 Å². The summed E-state index contributed by atoms with van der Waals surface area (Å²) < 4.78 is 1.18. The van der Waals surface area contributed by atoms with Gasteiger partial charge in [-0.2, -0.15) is 0 Å². The number of carbonyl (C=O) groups excluding carboxylic acids is 1. The minimum atomic E-state index is -1.08. The Labute approximate surface area is 130 Å². The molecule has 0 spiro atoms. The average Bonchev–Trinajstić information content (AvgIpc) is 2.96. The lowest BCUT2D eigenvalue weighted by atomic mass is 9.99. The third-order valence-electron chi connectivity index (χ3n) is 3.56. The first kappa shape index (κ1) is 16.2. The van der Waals surface area contributed by atoms with Gasteiger partial charge in [0.1, 0.15) is 17.4 Å². The van der Waals surface area contributed by atoms with Crippen molar-refractivity contribution in [3.8, 4) is 0 Å². The van der Waals surface area contributed by atoms with Gasteiger partial charge in [0.15, 0.2) is 0 Å². The highest BCUT2D eigenvalue weighted by atomic mass is 32.1. The van der Waals surface area contributed by atoms with Crippen molar-refractivity contribution in [1.82, 2.24) is 14.9 Å². The van der Waals surface area contributed by atoms with E-state index in [0.717, 1.165) is 0 Å². The first-order valence-corrected chi connectivity index (χ1v) is 7.76. The molecule has 7 nitrogen and oxygen atoms in total. The Hall–Kier alpha value is -2.22. The second-order valence-corrected chi connectivity index (χ2v) is 5.98. The van der Waals surface area contributed by atoms with Crippen LogP contribution in [0.5, 0.6) is 0 Å². The SMILES string of the molecule is CC[C@H](C)[C@H](NC(=O)Cn1cnc2sccc2c1=O)C(=O)O. The lowest BCUT2D eigenvalue weighted by Gasteiger charge is -2.20. The van der Waals surface area contributed by atoms with Crippen molar-refractivity contribution in [3.05, 3.63) is 28.1 Å². The van der Waals surface area contributed by atoms with Gasteiger partial charge < -0.3 is 10.4 Å². The van der Waals surface area contributed by atoms with Crippen LogP contribution >= 0.6 is 11.3 Å². The van der Waals surface area contributed by atoms with Crippen LogP contribution in [0.25, 0.3) is 10.2 Å². The number of aliphatic carboxylic acids is 1. The molecule has 0 unspecified atom stereocenters. The molecule has 0 aliphatic carbocycles. The molecule has 2 rings (SSSR count). The molecule has 0 radical (unpaired) electrons. The first-order valence-electron chi connectivity index (χ1n) is 6.88. The van der Waals surface area contributed by atoms with Crippen LogP contribution < -0.4 is 10.9 Å². The third kappa shape index (κ3) is 3.33. The molecule has 2 heterocycles. The monoisotopic (exact) mass is 323 g/mol. The van der Waals surface area contributed by atoms with Crippen molar-refractivity contribution in [2.75, 3.05) is 0 Å². The van der Waals surface area contributed by atoms with Crippen LogP contribution in [0.15, 0.2) is 22.6 Å². The molecule has 0 saturated carbocycles. The lowest BCUT2D eigenvalue weighted by Crippen LogP contribution is -2.46. The van der Waals surface area contributed by atoms with Gasteiger partial charge in [-0.1, -0.05) is 20.3 Å². The molecule has 118 valence electrons. The fourth-order valence-corrected chi connectivity index (χ4v) is 2.79. The normalized spacial score (nSPS) is 13.7. The van der Waals surface area contributed by atoms with Crippen LogP contribution in [0.1, 0.15) is 20.3 Å². The molecule has 0 fully saturated rings. The zero-order valence-corrected chi connectivity index (χ0v) is 13.1. The van der Waals surface area contributed by atoms with E-state index >= 15 is 0 Å². The van der Waals surface area contributed by atoms with Crippen molar-refractivity contribution < 1.29 is 14.7 Å². The molecule has 2 N–H and O–H groups in total. The summed E-state index contributed by atoms with van der Waals surface area (Å²) in [4.78, 5) is 40.1. The molecule has 2 aromatic rings. The lowest BCUT2D eigenvalue weighted by molar-refractivity contribution is -0.143. The van der Waals surface area contributed by atoms with E-state index in [9.17, 15) is 14.4 Å². The van der Waals surface area contributed by atoms with E-state index in [4.69, 9.17) is 5.11 Å². The number of carboxylic acid groups (broad SMARTS) is 1. The highest BCUT2D eigenvalue weighted by Crippen LogP contribution is 2.13. The van der Waals surface area contributed by atoms with Gasteiger partial charge in [-0.3, -0.25) is 14.2 Å². The Morgan fingerprint density at radius 3 is 2.86 bits per heavy atom. The fourth-order valence-electron chi connectivity index (χ4n) is 2.06. The molecular weight excluding hydrogens is 306 g/mol. The predicted octanol–water partition coefficient (Wildman–Crippen LogP) is 1.07. The topological polar surface area (TPSA) is 101 Å². The van der Waals surface area contributed by atoms with Gasteiger partial charge in [-0.05, 0) is 17.4 Å². The molecule has 0 aliphatic rings. The smallest absolute Gasteiger partial charge is 0.326 e. The number of carbonyl (C=O) groups is 2. The number of hydrogen-bond donors (Lipinski definition) is 2. The van der Waals surface area contributed by atoms with Gasteiger partial charge in [0.2, 0.25) is 5.91 Å². The van der Waals surface area contributed by atoms with Gasteiger partial charge >= 0.3 is 5.97 Å². The van der Waals surface area contributed by atoms with E-state index in [1.54, 1.807) is 18.4 Å². The van der Waals surface area contributed by atoms with E-state index in [1.807, 2.05) is 6.92 Å². The maximum absolute atomic E-state index is 12.2. The number of nitrogens with one attached hydrogen (secondary N) is 1. The fraction of sp³-hybridized carbons (Fsp3) is 0.429. The molecule has 0 aliphatic heterocycles. The number of hydrogen-bond acceptors (Lipinski definition) is 5. The standard InChI is InChI=1S/C14H17N3O4S/c1-3-8(2)11(14(20)21)16-10(18)6-17-7-15-12-9(13(17)19)4-5-22-12/h4-5,7-8,11H,3,6H2,1-2H3,(H,16,18)(H,20,21)/t8-,11-/m0/s1. The number of carboxylic acids is 1. The van der Waals surface area contributed by atoms with E-state index in [1.165, 1.54) is 22.2 Å². The molecule has 1 amide bonds. The van der Waals surface area contributed by atoms with Gasteiger partial charge in [0, 0.05) is 0 Å². The Kier molecular flexibility index (Phi) is 4.92. The molecule has 0 aromatic carbocycles. The number of fused-ring (bicyclic) bond motifs is 1. The van der Waals surface area contributed by atoms with Gasteiger partial charge in [0.25, 0.3) is 5.56 Å². The van der Waals surface area contributed by atoms with Gasteiger partial charge in [0.05, 0.1) is 11.7 Å². The molecule has 2 atom stereocenters. The van der Waals surface area contributed by atoms with Crippen LogP contribution in [0.3, 0.4) is 0 Å². The maximum atomic E-state index is 12.2. The Bertz CT molecular complexity index is 752. The van der Waals surface area contributed by atoms with Crippen molar-refractivity contribution >= 4 is 33.4 Å². The summed E-state index contributed by atoms with van der Waals surface area (Å²) in [6.45, 7) is 3.35. The summed E-state index contributed by atoms with van der Waals surface area (Å²) in [5, 5.41) is 13.8. The number of nitrogens with zero attached hydrogens (tertiary/aromatic N) is 2. The summed E-state index contributed by atoms with van der Waals surface area (Å²) in [6.07, 6.45) is 1.93. The second kappa shape index (κ2) is 6.69.